The van der Waals surface area contributed by atoms with Crippen molar-refractivity contribution in [2.45, 2.75) is 6.10 Å². The van der Waals surface area contributed by atoms with Gasteiger partial charge in [0.2, 0.25) is 0 Å². The van der Waals surface area contributed by atoms with E-state index in [1.165, 1.54) is 0 Å². The van der Waals surface area contributed by atoms with Crippen LogP contribution in [0.3, 0.4) is 0 Å². The molecule has 1 atom stereocenters. The van der Waals surface area contributed by atoms with Crippen molar-refractivity contribution >= 4 is 0 Å². The largest absolute Gasteiger partial charge is 0.486 e. The summed E-state index contributed by atoms with van der Waals surface area (Å²) < 4.78 is 17.0. The van der Waals surface area contributed by atoms with Crippen LogP contribution in [-0.2, 0) is 4.74 Å². The Bertz CT molecular complexity index is 377. The van der Waals surface area contributed by atoms with Crippen molar-refractivity contribution in [1.29, 1.82) is 0 Å². The third kappa shape index (κ3) is 2.53. The number of fused-ring (bicyclic) bond motifs is 1. The summed E-state index contributed by atoms with van der Waals surface area (Å²) in [6.45, 7) is 5.17. The number of para-hydroxylation sites is 2. The van der Waals surface area contributed by atoms with E-state index in [4.69, 9.17) is 14.2 Å². The van der Waals surface area contributed by atoms with Gasteiger partial charge in [0.25, 0.3) is 0 Å². The molecule has 0 N–H and O–H groups in total. The normalized spacial score (nSPS) is 24.6. The lowest BCUT2D eigenvalue weighted by atomic mass is 10.2. The number of nitrogens with zero attached hydrogens (tertiary/aromatic N) is 1. The van der Waals surface area contributed by atoms with Crippen LogP contribution in [0.4, 0.5) is 0 Å². The predicted octanol–water partition coefficient (Wildman–Crippen LogP) is 1.16. The minimum Gasteiger partial charge on any atom is -0.486 e. The molecule has 4 nitrogen and oxygen atoms in total. The van der Waals surface area contributed by atoms with Crippen LogP contribution in [-0.4, -0.2) is 50.5 Å². The molecule has 17 heavy (non-hydrogen) atoms. The van der Waals surface area contributed by atoms with E-state index >= 15 is 0 Å². The standard InChI is InChI=1S/C13H17NO3/c1-2-4-13-12(3-1)16-10-11(17-13)9-14-5-7-15-8-6-14/h1-4,11H,5-10H2/t11-/m1/s1. The first-order chi connectivity index (χ1) is 8.42. The molecule has 92 valence electrons. The van der Waals surface area contributed by atoms with Crippen LogP contribution in [0.25, 0.3) is 0 Å². The van der Waals surface area contributed by atoms with Gasteiger partial charge in [0.1, 0.15) is 12.7 Å². The summed E-state index contributed by atoms with van der Waals surface area (Å²) in [5, 5.41) is 0. The number of ether oxygens (including phenoxy) is 3. The fraction of sp³-hybridized carbons (Fsp3) is 0.538. The molecule has 3 rings (SSSR count). The highest BCUT2D eigenvalue weighted by atomic mass is 16.6. The fourth-order valence-corrected chi connectivity index (χ4v) is 2.22. The molecule has 0 bridgehead atoms. The minimum absolute atomic E-state index is 0.128. The monoisotopic (exact) mass is 235 g/mol. The molecule has 0 amide bonds. The van der Waals surface area contributed by atoms with E-state index < -0.39 is 0 Å². The molecule has 2 aliphatic heterocycles. The highest BCUT2D eigenvalue weighted by Gasteiger charge is 2.23. The van der Waals surface area contributed by atoms with Gasteiger partial charge in [0.05, 0.1) is 13.2 Å². The van der Waals surface area contributed by atoms with Crippen molar-refractivity contribution in [1.82, 2.24) is 4.90 Å². The van der Waals surface area contributed by atoms with Crippen LogP contribution in [0.1, 0.15) is 0 Å². The molecule has 1 aromatic rings. The lowest BCUT2D eigenvalue weighted by molar-refractivity contribution is 0.00314. The van der Waals surface area contributed by atoms with E-state index in [1.807, 2.05) is 24.3 Å². The van der Waals surface area contributed by atoms with Crippen molar-refractivity contribution in [3.05, 3.63) is 24.3 Å². The Hall–Kier alpha value is -1.26. The summed E-state index contributed by atoms with van der Waals surface area (Å²) >= 11 is 0. The highest BCUT2D eigenvalue weighted by molar-refractivity contribution is 5.40. The van der Waals surface area contributed by atoms with E-state index in [-0.39, 0.29) is 6.10 Å². The average molecular weight is 235 g/mol. The maximum absolute atomic E-state index is 5.93. The van der Waals surface area contributed by atoms with Crippen molar-refractivity contribution in [3.63, 3.8) is 0 Å². The predicted molar refractivity (Wildman–Crippen MR) is 63.6 cm³/mol. The third-order valence-electron chi connectivity index (χ3n) is 3.13. The molecule has 2 aliphatic rings. The van der Waals surface area contributed by atoms with Gasteiger partial charge in [0, 0.05) is 19.6 Å². The Kier molecular flexibility index (Phi) is 3.16. The molecule has 0 radical (unpaired) electrons. The molecule has 1 fully saturated rings. The highest BCUT2D eigenvalue weighted by Crippen LogP contribution is 2.30. The molecular weight excluding hydrogens is 218 g/mol. The van der Waals surface area contributed by atoms with Crippen LogP contribution in [0.15, 0.2) is 24.3 Å². The van der Waals surface area contributed by atoms with Gasteiger partial charge >= 0.3 is 0 Å². The molecule has 0 saturated carbocycles. The van der Waals surface area contributed by atoms with E-state index in [0.29, 0.717) is 6.61 Å². The summed E-state index contributed by atoms with van der Waals surface area (Å²) in [4.78, 5) is 2.37. The molecular formula is C13H17NO3. The summed E-state index contributed by atoms with van der Waals surface area (Å²) in [6.07, 6.45) is 0.128. The number of hydrogen-bond acceptors (Lipinski definition) is 4. The molecule has 2 heterocycles. The first-order valence-corrected chi connectivity index (χ1v) is 6.10. The van der Waals surface area contributed by atoms with Crippen LogP contribution in [0.5, 0.6) is 11.5 Å². The molecule has 1 aromatic carbocycles. The van der Waals surface area contributed by atoms with Crippen molar-refractivity contribution in [2.75, 3.05) is 39.5 Å². The minimum atomic E-state index is 0.128. The second-order valence-electron chi connectivity index (χ2n) is 4.41. The molecule has 0 unspecified atom stereocenters. The van der Waals surface area contributed by atoms with E-state index in [9.17, 15) is 0 Å². The average Bonchev–Trinajstić information content (AvgIpc) is 2.40. The summed E-state index contributed by atoms with van der Waals surface area (Å²) in [6, 6.07) is 7.84. The van der Waals surface area contributed by atoms with Gasteiger partial charge in [-0.15, -0.1) is 0 Å². The number of morpholine rings is 1. The van der Waals surface area contributed by atoms with Crippen molar-refractivity contribution < 1.29 is 14.2 Å². The zero-order chi connectivity index (χ0) is 11.5. The van der Waals surface area contributed by atoms with Crippen LogP contribution in [0, 0.1) is 0 Å². The Balaban J connectivity index is 1.60. The van der Waals surface area contributed by atoms with Crippen LogP contribution < -0.4 is 9.47 Å². The van der Waals surface area contributed by atoms with Crippen molar-refractivity contribution in [2.24, 2.45) is 0 Å². The summed E-state index contributed by atoms with van der Waals surface area (Å²) in [5.41, 5.74) is 0. The fourth-order valence-electron chi connectivity index (χ4n) is 2.22. The van der Waals surface area contributed by atoms with E-state index in [2.05, 4.69) is 4.90 Å². The quantitative estimate of drug-likeness (QED) is 0.769. The Labute approximate surface area is 101 Å². The van der Waals surface area contributed by atoms with Gasteiger partial charge in [-0.1, -0.05) is 12.1 Å². The second kappa shape index (κ2) is 4.94. The Morgan fingerprint density at radius 2 is 1.88 bits per heavy atom. The van der Waals surface area contributed by atoms with E-state index in [0.717, 1.165) is 44.3 Å². The van der Waals surface area contributed by atoms with Gasteiger partial charge in [-0.05, 0) is 12.1 Å². The maximum atomic E-state index is 5.93. The lowest BCUT2D eigenvalue weighted by Crippen LogP contribution is -2.45. The van der Waals surface area contributed by atoms with Crippen molar-refractivity contribution in [3.8, 4) is 11.5 Å². The zero-order valence-electron chi connectivity index (χ0n) is 9.80. The number of rotatable bonds is 2. The lowest BCUT2D eigenvalue weighted by Gasteiger charge is -2.33. The zero-order valence-corrected chi connectivity index (χ0v) is 9.80. The smallest absolute Gasteiger partial charge is 0.161 e. The SMILES string of the molecule is c1ccc2c(c1)OC[C@@H](CN1CCOCC1)O2. The number of benzene rings is 1. The van der Waals surface area contributed by atoms with Gasteiger partial charge in [0.15, 0.2) is 11.5 Å². The van der Waals surface area contributed by atoms with Crippen LogP contribution >= 0.6 is 0 Å². The Morgan fingerprint density at radius 3 is 2.71 bits per heavy atom. The van der Waals surface area contributed by atoms with Gasteiger partial charge in [-0.25, -0.2) is 0 Å². The molecule has 0 aromatic heterocycles. The second-order valence-corrected chi connectivity index (χ2v) is 4.41. The first-order valence-electron chi connectivity index (χ1n) is 6.10. The number of hydrogen-bond donors (Lipinski definition) is 0. The topological polar surface area (TPSA) is 30.9 Å². The summed E-state index contributed by atoms with van der Waals surface area (Å²) in [5.74, 6) is 1.71. The third-order valence-corrected chi connectivity index (χ3v) is 3.13. The Morgan fingerprint density at radius 1 is 1.12 bits per heavy atom. The molecule has 1 saturated heterocycles. The van der Waals surface area contributed by atoms with Crippen LogP contribution in [0.2, 0.25) is 0 Å². The van der Waals surface area contributed by atoms with Gasteiger partial charge in [-0.2, -0.15) is 0 Å². The first kappa shape index (κ1) is 10.9. The van der Waals surface area contributed by atoms with Gasteiger partial charge in [-0.3, -0.25) is 4.90 Å². The molecule has 0 spiro atoms. The van der Waals surface area contributed by atoms with Gasteiger partial charge < -0.3 is 14.2 Å². The maximum Gasteiger partial charge on any atom is 0.161 e. The summed E-state index contributed by atoms with van der Waals surface area (Å²) in [7, 11) is 0. The molecule has 0 aliphatic carbocycles. The molecule has 4 heteroatoms. The van der Waals surface area contributed by atoms with E-state index in [1.54, 1.807) is 0 Å².